The molecular weight excluding hydrogens is 254 g/mol. The summed E-state index contributed by atoms with van der Waals surface area (Å²) < 4.78 is 5.60. The maximum absolute atomic E-state index is 11.8. The highest BCUT2D eigenvalue weighted by Crippen LogP contribution is 2.27. The van der Waals surface area contributed by atoms with Gasteiger partial charge in [-0.1, -0.05) is 0 Å². The molecule has 7 N–H and O–H groups in total. The van der Waals surface area contributed by atoms with Crippen LogP contribution in [0.15, 0.2) is 0 Å². The summed E-state index contributed by atoms with van der Waals surface area (Å²) in [6.45, 7) is 0.235. The van der Waals surface area contributed by atoms with E-state index in [4.69, 9.17) is 15.6 Å². The van der Waals surface area contributed by atoms with Gasteiger partial charge in [-0.3, -0.25) is 21.2 Å². The summed E-state index contributed by atoms with van der Waals surface area (Å²) in [6, 6.07) is -0.395. The van der Waals surface area contributed by atoms with Gasteiger partial charge in [0.25, 0.3) is 0 Å². The number of nitrogens with one attached hydrogen (secondary N) is 3. The van der Waals surface area contributed by atoms with E-state index in [1.165, 1.54) is 0 Å². The van der Waals surface area contributed by atoms with Crippen LogP contribution in [0.4, 0.5) is 0 Å². The van der Waals surface area contributed by atoms with Gasteiger partial charge in [-0.05, 0) is 0 Å². The highest BCUT2D eigenvalue weighted by Gasteiger charge is 2.48. The molecule has 19 heavy (non-hydrogen) atoms. The first-order valence-corrected chi connectivity index (χ1v) is 6.35. The number of nitrogens with zero attached hydrogens (tertiary/aromatic N) is 1. The molecule has 0 aliphatic carbocycles. The van der Waals surface area contributed by atoms with E-state index in [-0.39, 0.29) is 24.9 Å². The molecule has 108 valence electrons. The van der Waals surface area contributed by atoms with Crippen molar-refractivity contribution < 1.29 is 19.7 Å². The van der Waals surface area contributed by atoms with Crippen LogP contribution in [-0.4, -0.2) is 71.2 Å². The lowest BCUT2D eigenvalue weighted by Crippen LogP contribution is -2.70. The van der Waals surface area contributed by atoms with E-state index < -0.39 is 24.5 Å². The Bertz CT molecular complexity index is 370. The number of rotatable bonds is 2. The fraction of sp³-hybridized carbons (Fsp3) is 0.900. The van der Waals surface area contributed by atoms with Crippen LogP contribution in [-0.2, 0) is 9.53 Å². The topological polar surface area (TPSA) is 132 Å². The average molecular weight is 273 g/mol. The third-order valence-corrected chi connectivity index (χ3v) is 3.85. The summed E-state index contributed by atoms with van der Waals surface area (Å²) in [4.78, 5) is 13.7. The average Bonchev–Trinajstić information content (AvgIpc) is 2.92. The number of nitrogens with two attached hydrogens (primary N) is 1. The van der Waals surface area contributed by atoms with Crippen LogP contribution in [0.5, 0.6) is 0 Å². The van der Waals surface area contributed by atoms with Crippen LogP contribution < -0.4 is 21.7 Å². The van der Waals surface area contributed by atoms with Gasteiger partial charge >= 0.3 is 0 Å². The van der Waals surface area contributed by atoms with E-state index in [9.17, 15) is 9.90 Å². The number of aliphatic hydroxyl groups excluding tert-OH is 2. The number of hydrogen-bond donors (Lipinski definition) is 6. The zero-order valence-electron chi connectivity index (χ0n) is 10.3. The van der Waals surface area contributed by atoms with Gasteiger partial charge in [-0.15, -0.1) is 0 Å². The molecule has 0 aromatic rings. The molecule has 1 amide bonds. The molecule has 3 aliphatic heterocycles. The molecule has 0 bridgehead atoms. The van der Waals surface area contributed by atoms with Gasteiger partial charge < -0.3 is 20.3 Å². The summed E-state index contributed by atoms with van der Waals surface area (Å²) in [7, 11) is 0. The number of carbonyl (C=O) groups is 1. The Morgan fingerprint density at radius 3 is 3.00 bits per heavy atom. The maximum Gasteiger partial charge on any atom is 0.242 e. The molecule has 0 saturated carbocycles. The van der Waals surface area contributed by atoms with Crippen molar-refractivity contribution in [3.63, 3.8) is 0 Å². The van der Waals surface area contributed by atoms with Crippen molar-refractivity contribution >= 4 is 5.91 Å². The van der Waals surface area contributed by atoms with E-state index >= 15 is 0 Å². The Labute approximate surface area is 110 Å². The second-order valence-corrected chi connectivity index (χ2v) is 5.07. The van der Waals surface area contributed by atoms with Gasteiger partial charge in [0.15, 0.2) is 0 Å². The normalized spacial score (nSPS) is 47.2. The lowest BCUT2D eigenvalue weighted by Gasteiger charge is -2.37. The molecular formula is C10H19N5O4. The smallest absolute Gasteiger partial charge is 0.242 e. The Hall–Kier alpha value is -0.810. The van der Waals surface area contributed by atoms with Gasteiger partial charge in [0, 0.05) is 6.42 Å². The van der Waals surface area contributed by atoms with Crippen LogP contribution in [0, 0.1) is 0 Å². The highest BCUT2D eigenvalue weighted by atomic mass is 16.5. The molecule has 3 fully saturated rings. The third kappa shape index (κ3) is 2.23. The van der Waals surface area contributed by atoms with E-state index in [1.54, 1.807) is 0 Å². The predicted molar refractivity (Wildman–Crippen MR) is 63.0 cm³/mol. The summed E-state index contributed by atoms with van der Waals surface area (Å²) in [5.41, 5.74) is 5.70. The first-order chi connectivity index (χ1) is 9.10. The van der Waals surface area contributed by atoms with E-state index in [0.717, 1.165) is 0 Å². The number of ether oxygens (including phenoxy) is 1. The fourth-order valence-corrected chi connectivity index (χ4v) is 2.87. The van der Waals surface area contributed by atoms with Crippen LogP contribution >= 0.6 is 0 Å². The van der Waals surface area contributed by atoms with Crippen molar-refractivity contribution in [1.82, 2.24) is 20.9 Å². The van der Waals surface area contributed by atoms with E-state index in [2.05, 4.69) is 16.0 Å². The van der Waals surface area contributed by atoms with Crippen LogP contribution in [0.2, 0.25) is 0 Å². The fourth-order valence-electron chi connectivity index (χ4n) is 2.87. The predicted octanol–water partition coefficient (Wildman–Crippen LogP) is -4.03. The largest absolute Gasteiger partial charge is 0.394 e. The summed E-state index contributed by atoms with van der Waals surface area (Å²) in [5.74, 6) is -0.156. The minimum absolute atomic E-state index is 0.156. The molecule has 0 radical (unpaired) electrons. The number of hydrogen-bond acceptors (Lipinski definition) is 8. The molecule has 0 aromatic carbocycles. The van der Waals surface area contributed by atoms with Crippen molar-refractivity contribution in [2.45, 2.75) is 43.4 Å². The summed E-state index contributed by atoms with van der Waals surface area (Å²) in [5, 5.41) is 27.6. The molecule has 0 aromatic heterocycles. The molecule has 3 aliphatic rings. The molecule has 3 unspecified atom stereocenters. The van der Waals surface area contributed by atoms with Gasteiger partial charge in [-0.25, -0.2) is 4.90 Å². The van der Waals surface area contributed by atoms with E-state index in [1.807, 2.05) is 4.90 Å². The Morgan fingerprint density at radius 2 is 2.32 bits per heavy atom. The molecule has 3 rings (SSSR count). The van der Waals surface area contributed by atoms with Crippen molar-refractivity contribution in [3.05, 3.63) is 0 Å². The monoisotopic (exact) mass is 273 g/mol. The summed E-state index contributed by atoms with van der Waals surface area (Å²) >= 11 is 0. The molecule has 3 heterocycles. The maximum atomic E-state index is 11.8. The Morgan fingerprint density at radius 1 is 1.53 bits per heavy atom. The van der Waals surface area contributed by atoms with Gasteiger partial charge in [0.05, 0.1) is 25.5 Å². The third-order valence-electron chi connectivity index (χ3n) is 3.85. The number of aliphatic hydroxyl groups is 2. The zero-order valence-corrected chi connectivity index (χ0v) is 10.3. The molecule has 3 saturated heterocycles. The van der Waals surface area contributed by atoms with Gasteiger partial charge in [-0.2, -0.15) is 0 Å². The van der Waals surface area contributed by atoms with Crippen LogP contribution in [0.1, 0.15) is 6.42 Å². The molecule has 9 heteroatoms. The van der Waals surface area contributed by atoms with Crippen molar-refractivity contribution in [2.24, 2.45) is 5.73 Å². The zero-order chi connectivity index (χ0) is 13.6. The van der Waals surface area contributed by atoms with Gasteiger partial charge in [0.1, 0.15) is 24.7 Å². The van der Waals surface area contributed by atoms with Gasteiger partial charge in [0.2, 0.25) is 5.91 Å². The lowest BCUT2D eigenvalue weighted by molar-refractivity contribution is -0.130. The SMILES string of the molecule is NC1NC(=O)C2NCN([C@@H]3C[C@@H](O)[C@H](CO)O3)C2N1. The first-order valence-electron chi connectivity index (χ1n) is 6.35. The number of carbonyl (C=O) groups excluding carboxylic acids is 1. The molecule has 6 atom stereocenters. The minimum Gasteiger partial charge on any atom is -0.394 e. The number of fused-ring (bicyclic) bond motifs is 1. The second kappa shape index (κ2) is 4.94. The van der Waals surface area contributed by atoms with Crippen molar-refractivity contribution in [1.29, 1.82) is 0 Å². The summed E-state index contributed by atoms with van der Waals surface area (Å²) in [6.07, 6.45) is -2.10. The van der Waals surface area contributed by atoms with Crippen molar-refractivity contribution in [3.8, 4) is 0 Å². The molecule has 9 nitrogen and oxygen atoms in total. The Kier molecular flexibility index (Phi) is 3.43. The van der Waals surface area contributed by atoms with Crippen LogP contribution in [0.3, 0.4) is 0 Å². The van der Waals surface area contributed by atoms with Crippen LogP contribution in [0.25, 0.3) is 0 Å². The minimum atomic E-state index is -0.694. The Balaban J connectivity index is 1.71. The lowest BCUT2D eigenvalue weighted by atomic mass is 10.1. The number of amides is 1. The second-order valence-electron chi connectivity index (χ2n) is 5.07. The molecule has 0 spiro atoms. The van der Waals surface area contributed by atoms with Crippen molar-refractivity contribution in [2.75, 3.05) is 13.3 Å². The van der Waals surface area contributed by atoms with E-state index in [0.29, 0.717) is 13.1 Å². The highest BCUT2D eigenvalue weighted by molar-refractivity contribution is 5.83. The standard InChI is InChI=1S/C10H19N5O4/c11-10-13-8-7(9(18)14-10)12-3-15(8)6-1-4(17)5(2-16)19-6/h4-8,10,12-13,16-17H,1-3,11H2,(H,14,18)/t4-,5+,6+,7?,8?,10?/m1/s1. The first kappa shape index (κ1) is 13.2. The quantitative estimate of drug-likeness (QED) is 0.300.